The Labute approximate surface area is 230 Å². The smallest absolute Gasteiger partial charge is 0.416 e. The molecule has 0 unspecified atom stereocenters. The van der Waals surface area contributed by atoms with E-state index >= 15 is 0 Å². The summed E-state index contributed by atoms with van der Waals surface area (Å²) in [6.07, 6.45) is -1.38. The fourth-order valence-electron chi connectivity index (χ4n) is 6.53. The first kappa shape index (κ1) is 28.4. The first-order chi connectivity index (χ1) is 18.4. The van der Waals surface area contributed by atoms with E-state index in [9.17, 15) is 22.8 Å². The van der Waals surface area contributed by atoms with Gasteiger partial charge in [0.05, 0.1) is 30.2 Å². The maximum absolute atomic E-state index is 13.9. The molecule has 0 aromatic heterocycles. The van der Waals surface area contributed by atoms with Crippen LogP contribution in [0.25, 0.3) is 0 Å². The number of nitrogens with zero attached hydrogens (tertiary/aromatic N) is 3. The van der Waals surface area contributed by atoms with E-state index in [-0.39, 0.29) is 66.0 Å². The van der Waals surface area contributed by atoms with E-state index in [0.29, 0.717) is 13.0 Å². The molecule has 3 fully saturated rings. The molecule has 4 aliphatic rings. The number of carboxylic acid groups (broad SMARTS) is 1. The molecule has 1 aromatic carbocycles. The van der Waals surface area contributed by atoms with Gasteiger partial charge in [0, 0.05) is 43.3 Å². The number of aliphatic carboxylic acids is 1. The zero-order chi connectivity index (χ0) is 28.1. The molecule has 12 heteroatoms. The molecule has 5 rings (SSSR count). The molecule has 1 N–H and O–H groups in total. The molecule has 39 heavy (non-hydrogen) atoms. The van der Waals surface area contributed by atoms with Crippen molar-refractivity contribution in [3.63, 3.8) is 0 Å². The maximum atomic E-state index is 13.9. The van der Waals surface area contributed by atoms with Gasteiger partial charge < -0.3 is 19.5 Å². The molecule has 8 nitrogen and oxygen atoms in total. The summed E-state index contributed by atoms with van der Waals surface area (Å²) in [5, 5.41) is 9.04. The average molecular weight is 574 g/mol. The predicted octanol–water partition coefficient (Wildman–Crippen LogP) is 4.23. The van der Waals surface area contributed by atoms with Crippen LogP contribution in [0, 0.1) is 5.92 Å². The second-order valence-electron chi connectivity index (χ2n) is 11.4. The summed E-state index contributed by atoms with van der Waals surface area (Å²) >= 11 is 6.08. The number of carbonyl (C=O) groups excluding carboxylic acids is 1. The zero-order valence-corrected chi connectivity index (χ0v) is 22.9. The molecule has 0 bridgehead atoms. The monoisotopic (exact) mass is 573 g/mol. The third kappa shape index (κ3) is 5.73. The van der Waals surface area contributed by atoms with E-state index in [1.54, 1.807) is 0 Å². The molecule has 3 heterocycles. The number of hydrogen-bond donors (Lipinski definition) is 1. The Morgan fingerprint density at radius 2 is 1.97 bits per heavy atom. The van der Waals surface area contributed by atoms with Crippen molar-refractivity contribution in [2.45, 2.75) is 82.4 Å². The van der Waals surface area contributed by atoms with E-state index in [1.165, 1.54) is 4.90 Å². The number of fused-ring (bicyclic) bond motifs is 1. The number of halogens is 4. The molecular formula is C27H35ClF3N3O5. The predicted molar refractivity (Wildman–Crippen MR) is 136 cm³/mol. The quantitative estimate of drug-likeness (QED) is 0.545. The highest BCUT2D eigenvalue weighted by atomic mass is 35.5. The Morgan fingerprint density at radius 3 is 2.56 bits per heavy atom. The van der Waals surface area contributed by atoms with Gasteiger partial charge in [0.1, 0.15) is 11.4 Å². The molecule has 0 spiro atoms. The third-order valence-corrected chi connectivity index (χ3v) is 8.99. The standard InChI is InChI=1S/C27H35ClF3N3O5/c1-16(9-23(35)36)34-8-7-32(12-17(34)2)21-5-6-26(39-14-21,19-3-4-19)25(37)33-13-18-10-20(27(29,30)31)11-22(28)24(18)38-15-33/h10-11,16-17,19,21H,3-9,12-15H2,1-2H3,(H,35,36)/t16-,17-,21+,26-/m0/s1. The lowest BCUT2D eigenvalue weighted by atomic mass is 9.85. The highest BCUT2D eigenvalue weighted by Gasteiger charge is 2.56. The molecule has 1 aromatic rings. The van der Waals surface area contributed by atoms with Gasteiger partial charge in [-0.3, -0.25) is 19.4 Å². The minimum atomic E-state index is -4.56. The van der Waals surface area contributed by atoms with E-state index < -0.39 is 23.3 Å². The van der Waals surface area contributed by atoms with Gasteiger partial charge in [-0.05, 0) is 57.6 Å². The molecule has 1 aliphatic carbocycles. The Balaban J connectivity index is 1.24. The van der Waals surface area contributed by atoms with Crippen molar-refractivity contribution in [3.05, 3.63) is 28.3 Å². The van der Waals surface area contributed by atoms with Crippen molar-refractivity contribution in [2.24, 2.45) is 5.92 Å². The molecule has 3 aliphatic heterocycles. The first-order valence-electron chi connectivity index (χ1n) is 13.6. The van der Waals surface area contributed by atoms with Crippen LogP contribution in [-0.2, 0) is 27.0 Å². The summed E-state index contributed by atoms with van der Waals surface area (Å²) < 4.78 is 52.2. The number of benzene rings is 1. The van der Waals surface area contributed by atoms with Gasteiger partial charge in [0.25, 0.3) is 5.91 Å². The normalized spacial score (nSPS) is 29.4. The molecule has 216 valence electrons. The van der Waals surface area contributed by atoms with Gasteiger partial charge in [0.15, 0.2) is 6.73 Å². The summed E-state index contributed by atoms with van der Waals surface area (Å²) in [6, 6.07) is 2.16. The highest BCUT2D eigenvalue weighted by molar-refractivity contribution is 6.32. The maximum Gasteiger partial charge on any atom is 0.416 e. The number of hydrogen-bond acceptors (Lipinski definition) is 6. The molecule has 1 amide bonds. The molecule has 2 saturated heterocycles. The van der Waals surface area contributed by atoms with E-state index in [1.807, 2.05) is 6.92 Å². The van der Waals surface area contributed by atoms with Crippen molar-refractivity contribution >= 4 is 23.5 Å². The Hall–Kier alpha value is -2.08. The van der Waals surface area contributed by atoms with E-state index in [0.717, 1.165) is 51.0 Å². The van der Waals surface area contributed by atoms with Crippen molar-refractivity contribution in [1.82, 2.24) is 14.7 Å². The van der Waals surface area contributed by atoms with E-state index in [4.69, 9.17) is 26.2 Å². The SMILES string of the molecule is C[C@@H](CC(=O)O)N1CCN([C@@H]2CC[C@@](C(=O)N3COc4c(Cl)cc(C(F)(F)F)cc4C3)(C3CC3)OC2)C[C@@H]1C. The average Bonchev–Trinajstić information content (AvgIpc) is 3.73. The Kier molecular flexibility index (Phi) is 7.82. The van der Waals surface area contributed by atoms with Gasteiger partial charge >= 0.3 is 12.1 Å². The van der Waals surface area contributed by atoms with Crippen LogP contribution < -0.4 is 4.74 Å². The van der Waals surface area contributed by atoms with Crippen molar-refractivity contribution < 1.29 is 37.3 Å². The van der Waals surface area contributed by atoms with Crippen LogP contribution in [0.1, 0.15) is 57.1 Å². The molecular weight excluding hydrogens is 539 g/mol. The molecule has 4 atom stereocenters. The number of carboxylic acids is 1. The van der Waals surface area contributed by atoms with Gasteiger partial charge in [0.2, 0.25) is 0 Å². The Morgan fingerprint density at radius 1 is 1.23 bits per heavy atom. The lowest BCUT2D eigenvalue weighted by Crippen LogP contribution is -2.62. The van der Waals surface area contributed by atoms with Gasteiger partial charge in [-0.2, -0.15) is 13.2 Å². The topological polar surface area (TPSA) is 82.6 Å². The number of piperazine rings is 1. The van der Waals surface area contributed by atoms with Crippen LogP contribution in [0.3, 0.4) is 0 Å². The van der Waals surface area contributed by atoms with Crippen LogP contribution in [0.2, 0.25) is 5.02 Å². The van der Waals surface area contributed by atoms with Crippen LogP contribution >= 0.6 is 11.6 Å². The summed E-state index contributed by atoms with van der Waals surface area (Å²) in [5.41, 5.74) is -1.63. The Bertz CT molecular complexity index is 1110. The second-order valence-corrected chi connectivity index (χ2v) is 11.8. The fourth-order valence-corrected chi connectivity index (χ4v) is 6.82. The van der Waals surface area contributed by atoms with Gasteiger partial charge in [-0.25, -0.2) is 0 Å². The number of alkyl halides is 3. The number of ether oxygens (including phenoxy) is 2. The summed E-state index contributed by atoms with van der Waals surface area (Å²) in [7, 11) is 0. The van der Waals surface area contributed by atoms with Crippen LogP contribution in [0.4, 0.5) is 13.2 Å². The number of amides is 1. The van der Waals surface area contributed by atoms with E-state index in [2.05, 4.69) is 16.7 Å². The first-order valence-corrected chi connectivity index (χ1v) is 13.9. The van der Waals surface area contributed by atoms with Crippen LogP contribution in [-0.4, -0.2) is 88.4 Å². The largest absolute Gasteiger partial charge is 0.481 e. The van der Waals surface area contributed by atoms with Crippen LogP contribution in [0.15, 0.2) is 12.1 Å². The van der Waals surface area contributed by atoms with Gasteiger partial charge in [-0.1, -0.05) is 11.6 Å². The lowest BCUT2D eigenvalue weighted by Gasteiger charge is -2.49. The summed E-state index contributed by atoms with van der Waals surface area (Å²) in [5.74, 6) is -0.761. The number of rotatable bonds is 6. The minimum Gasteiger partial charge on any atom is -0.481 e. The number of carbonyl (C=O) groups is 2. The lowest BCUT2D eigenvalue weighted by molar-refractivity contribution is -0.181. The summed E-state index contributed by atoms with van der Waals surface area (Å²) in [6.45, 7) is 6.70. The van der Waals surface area contributed by atoms with Crippen molar-refractivity contribution in [1.29, 1.82) is 0 Å². The fraction of sp³-hybridized carbons (Fsp3) is 0.704. The van der Waals surface area contributed by atoms with Crippen LogP contribution in [0.5, 0.6) is 5.75 Å². The van der Waals surface area contributed by atoms with Gasteiger partial charge in [-0.15, -0.1) is 0 Å². The van der Waals surface area contributed by atoms with Crippen molar-refractivity contribution in [2.75, 3.05) is 33.0 Å². The molecule has 1 saturated carbocycles. The second kappa shape index (κ2) is 10.7. The van der Waals surface area contributed by atoms with Crippen molar-refractivity contribution in [3.8, 4) is 5.75 Å². The molecule has 0 radical (unpaired) electrons. The summed E-state index contributed by atoms with van der Waals surface area (Å²) in [4.78, 5) is 31.1. The third-order valence-electron chi connectivity index (χ3n) is 8.70. The highest BCUT2D eigenvalue weighted by Crippen LogP contribution is 2.49. The zero-order valence-electron chi connectivity index (χ0n) is 22.2. The minimum absolute atomic E-state index is 0.0208.